The Balaban J connectivity index is 2.43. The molecule has 116 valence electrons. The van der Waals surface area contributed by atoms with E-state index in [4.69, 9.17) is 0 Å². The van der Waals surface area contributed by atoms with Crippen LogP contribution >= 0.6 is 0 Å². The highest BCUT2D eigenvalue weighted by molar-refractivity contribution is 5.74. The van der Waals surface area contributed by atoms with E-state index >= 15 is 0 Å². The number of fused-ring (bicyclic) bond motifs is 1. The van der Waals surface area contributed by atoms with E-state index in [0.29, 0.717) is 12.0 Å². The standard InChI is InChI=1S/C19H30N2/c1-14-8-9-15(2)18-10-12-20-11-6-5-7-16(3)19(18)21-17(4)13-14/h5,7,10,12,14-15,17,21H,6,8-9,11,13H2,1-4H3/b7-5?,18-10-,19-16?,20-12?. The van der Waals surface area contributed by atoms with E-state index in [-0.39, 0.29) is 0 Å². The lowest BCUT2D eigenvalue weighted by Crippen LogP contribution is -2.29. The van der Waals surface area contributed by atoms with Crippen molar-refractivity contribution in [2.45, 2.75) is 59.4 Å². The van der Waals surface area contributed by atoms with Crippen molar-refractivity contribution in [3.63, 3.8) is 0 Å². The largest absolute Gasteiger partial charge is 0.382 e. The summed E-state index contributed by atoms with van der Waals surface area (Å²) >= 11 is 0. The molecule has 3 atom stereocenters. The monoisotopic (exact) mass is 286 g/mol. The molecule has 0 saturated carbocycles. The summed E-state index contributed by atoms with van der Waals surface area (Å²) < 4.78 is 0. The predicted molar refractivity (Wildman–Crippen MR) is 92.7 cm³/mol. The quantitative estimate of drug-likeness (QED) is 0.688. The van der Waals surface area contributed by atoms with Gasteiger partial charge in [-0.25, -0.2) is 0 Å². The minimum absolute atomic E-state index is 0.520. The fourth-order valence-electron chi connectivity index (χ4n) is 3.34. The Bertz CT molecular complexity index is 468. The molecule has 0 bridgehead atoms. The second kappa shape index (κ2) is 7.63. The summed E-state index contributed by atoms with van der Waals surface area (Å²) in [5, 5.41) is 3.79. The molecule has 0 spiro atoms. The molecule has 0 aliphatic carbocycles. The summed E-state index contributed by atoms with van der Waals surface area (Å²) in [6.07, 6.45) is 13.6. The first-order valence-corrected chi connectivity index (χ1v) is 8.42. The Morgan fingerprint density at radius 3 is 2.81 bits per heavy atom. The van der Waals surface area contributed by atoms with Crippen molar-refractivity contribution in [2.75, 3.05) is 6.54 Å². The van der Waals surface area contributed by atoms with Gasteiger partial charge in [0.25, 0.3) is 0 Å². The maximum absolute atomic E-state index is 4.49. The summed E-state index contributed by atoms with van der Waals surface area (Å²) in [6, 6.07) is 0.520. The maximum Gasteiger partial charge on any atom is 0.0423 e. The Morgan fingerprint density at radius 2 is 2.00 bits per heavy atom. The Morgan fingerprint density at radius 1 is 1.19 bits per heavy atom. The van der Waals surface area contributed by atoms with Gasteiger partial charge in [-0.2, -0.15) is 0 Å². The highest BCUT2D eigenvalue weighted by Gasteiger charge is 2.21. The molecule has 1 N–H and O–H groups in total. The average molecular weight is 286 g/mol. The van der Waals surface area contributed by atoms with Gasteiger partial charge >= 0.3 is 0 Å². The van der Waals surface area contributed by atoms with Gasteiger partial charge in [0.2, 0.25) is 0 Å². The lowest BCUT2D eigenvalue weighted by atomic mass is 9.89. The van der Waals surface area contributed by atoms with Gasteiger partial charge in [-0.15, -0.1) is 0 Å². The average Bonchev–Trinajstić information content (AvgIpc) is 2.49. The number of nitrogens with zero attached hydrogens (tertiary/aromatic N) is 1. The number of allylic oxidation sites excluding steroid dienone is 4. The number of hydrogen-bond acceptors (Lipinski definition) is 2. The molecule has 2 nitrogen and oxygen atoms in total. The highest BCUT2D eigenvalue weighted by Crippen LogP contribution is 2.30. The molecule has 2 heteroatoms. The van der Waals surface area contributed by atoms with Crippen molar-refractivity contribution >= 4 is 6.21 Å². The summed E-state index contributed by atoms with van der Waals surface area (Å²) in [5.41, 5.74) is 4.10. The second-order valence-electron chi connectivity index (χ2n) is 6.79. The van der Waals surface area contributed by atoms with Crippen LogP contribution in [0.1, 0.15) is 53.4 Å². The van der Waals surface area contributed by atoms with Crippen LogP contribution in [0.3, 0.4) is 0 Å². The summed E-state index contributed by atoms with van der Waals surface area (Å²) in [5.74, 6) is 1.37. The van der Waals surface area contributed by atoms with Gasteiger partial charge in [0.1, 0.15) is 0 Å². The summed E-state index contributed by atoms with van der Waals surface area (Å²) in [6.45, 7) is 10.2. The van der Waals surface area contributed by atoms with Crippen molar-refractivity contribution < 1.29 is 0 Å². The van der Waals surface area contributed by atoms with E-state index in [0.717, 1.165) is 18.9 Å². The van der Waals surface area contributed by atoms with Crippen molar-refractivity contribution in [1.29, 1.82) is 0 Å². The smallest absolute Gasteiger partial charge is 0.0423 e. The van der Waals surface area contributed by atoms with Crippen LogP contribution in [0, 0.1) is 11.8 Å². The van der Waals surface area contributed by atoms with Crippen molar-refractivity contribution in [1.82, 2.24) is 5.32 Å². The number of rotatable bonds is 0. The highest BCUT2D eigenvalue weighted by atomic mass is 14.9. The fourth-order valence-corrected chi connectivity index (χ4v) is 3.34. The lowest BCUT2D eigenvalue weighted by molar-refractivity contribution is 0.409. The van der Waals surface area contributed by atoms with Crippen LogP contribution in [0.15, 0.2) is 40.1 Å². The zero-order chi connectivity index (χ0) is 15.2. The minimum atomic E-state index is 0.520. The molecule has 21 heavy (non-hydrogen) atoms. The first-order chi connectivity index (χ1) is 10.1. The van der Waals surface area contributed by atoms with Gasteiger partial charge in [0, 0.05) is 24.5 Å². The number of nitrogens with one attached hydrogen (secondary N) is 1. The van der Waals surface area contributed by atoms with E-state index in [1.807, 2.05) is 6.21 Å². The number of aliphatic imine (C=N–C) groups is 1. The van der Waals surface area contributed by atoms with Gasteiger partial charge < -0.3 is 5.32 Å². The van der Waals surface area contributed by atoms with Crippen molar-refractivity contribution in [2.24, 2.45) is 16.8 Å². The third-order valence-corrected chi connectivity index (χ3v) is 4.61. The molecule has 2 rings (SSSR count). The molecule has 1 saturated heterocycles. The molecule has 3 unspecified atom stereocenters. The molecular formula is C19H30N2. The van der Waals surface area contributed by atoms with E-state index in [1.165, 1.54) is 36.1 Å². The molecule has 1 fully saturated rings. The molecule has 2 aliphatic heterocycles. The van der Waals surface area contributed by atoms with E-state index in [9.17, 15) is 0 Å². The SMILES string of the molecule is CC1=C2NC(C)CC(C)CCC(C)/C2=C/C=NCCC=C1. The maximum atomic E-state index is 4.49. The van der Waals surface area contributed by atoms with Crippen LogP contribution in [0.4, 0.5) is 0 Å². The molecule has 0 amide bonds. The third-order valence-electron chi connectivity index (χ3n) is 4.61. The van der Waals surface area contributed by atoms with Gasteiger partial charge in [-0.3, -0.25) is 4.99 Å². The van der Waals surface area contributed by atoms with Crippen LogP contribution < -0.4 is 5.32 Å². The molecule has 0 radical (unpaired) electrons. The van der Waals surface area contributed by atoms with Crippen LogP contribution in [-0.4, -0.2) is 18.8 Å². The van der Waals surface area contributed by atoms with Crippen molar-refractivity contribution in [3.8, 4) is 0 Å². The third kappa shape index (κ3) is 4.59. The fraction of sp³-hybridized carbons (Fsp3) is 0.632. The summed E-state index contributed by atoms with van der Waals surface area (Å²) in [4.78, 5) is 4.49. The van der Waals surface area contributed by atoms with Gasteiger partial charge in [0.05, 0.1) is 0 Å². The normalized spacial score (nSPS) is 33.9. The van der Waals surface area contributed by atoms with Gasteiger partial charge in [-0.1, -0.05) is 32.4 Å². The predicted octanol–water partition coefficient (Wildman–Crippen LogP) is 4.65. The molecule has 0 aromatic carbocycles. The molecular weight excluding hydrogens is 256 g/mol. The number of hydrogen-bond donors (Lipinski definition) is 1. The zero-order valence-corrected chi connectivity index (χ0v) is 14.0. The molecule has 0 aromatic rings. The summed E-state index contributed by atoms with van der Waals surface area (Å²) in [7, 11) is 0. The van der Waals surface area contributed by atoms with Gasteiger partial charge in [0.15, 0.2) is 0 Å². The second-order valence-corrected chi connectivity index (χ2v) is 6.79. The first kappa shape index (κ1) is 16.1. The van der Waals surface area contributed by atoms with Gasteiger partial charge in [-0.05, 0) is 62.2 Å². The Hall–Kier alpha value is -1.31. The molecule has 2 aliphatic rings. The topological polar surface area (TPSA) is 24.4 Å². The van der Waals surface area contributed by atoms with Crippen molar-refractivity contribution in [3.05, 3.63) is 35.1 Å². The minimum Gasteiger partial charge on any atom is -0.382 e. The van der Waals surface area contributed by atoms with E-state index in [1.54, 1.807) is 0 Å². The van der Waals surface area contributed by atoms with Crippen LogP contribution in [0.2, 0.25) is 0 Å². The van der Waals surface area contributed by atoms with Crippen LogP contribution in [-0.2, 0) is 0 Å². The Labute approximate surface area is 130 Å². The van der Waals surface area contributed by atoms with Crippen LogP contribution in [0.25, 0.3) is 0 Å². The molecule has 2 heterocycles. The molecule has 0 aromatic heterocycles. The van der Waals surface area contributed by atoms with E-state index in [2.05, 4.69) is 56.2 Å². The van der Waals surface area contributed by atoms with E-state index < -0.39 is 0 Å². The zero-order valence-electron chi connectivity index (χ0n) is 14.0. The van der Waals surface area contributed by atoms with Crippen LogP contribution in [0.5, 0.6) is 0 Å². The first-order valence-electron chi connectivity index (χ1n) is 8.42. The lowest BCUT2D eigenvalue weighted by Gasteiger charge is -2.23. The Kier molecular flexibility index (Phi) is 5.84.